The van der Waals surface area contributed by atoms with E-state index in [1.54, 1.807) is 6.07 Å². The zero-order valence-corrected chi connectivity index (χ0v) is 7.00. The van der Waals surface area contributed by atoms with E-state index >= 15 is 0 Å². The van der Waals surface area contributed by atoms with Gasteiger partial charge in [0.25, 0.3) is 0 Å². The first kappa shape index (κ1) is 10.4. The summed E-state index contributed by atoms with van der Waals surface area (Å²) < 4.78 is 12.5. The van der Waals surface area contributed by atoms with Crippen LogP contribution in [0, 0.1) is 17.1 Å². The summed E-state index contributed by atoms with van der Waals surface area (Å²) in [7, 11) is 0. The molecule has 0 unspecified atom stereocenters. The molecule has 1 aromatic rings. The van der Waals surface area contributed by atoms with Crippen molar-refractivity contribution in [3.8, 4) is 11.8 Å². The van der Waals surface area contributed by atoms with Gasteiger partial charge in [-0.05, 0) is 12.1 Å². The van der Waals surface area contributed by atoms with E-state index in [1.807, 2.05) is 13.8 Å². The van der Waals surface area contributed by atoms with Crippen LogP contribution in [0.3, 0.4) is 0 Å². The van der Waals surface area contributed by atoms with Gasteiger partial charge < -0.3 is 5.11 Å². The number of phenols is 1. The number of nitrogens with zero attached hydrogens (tertiary/aromatic N) is 1. The molecule has 1 rings (SSSR count). The third kappa shape index (κ3) is 2.59. The zero-order chi connectivity index (χ0) is 9.56. The maximum Gasteiger partial charge on any atom is 0.144 e. The van der Waals surface area contributed by atoms with Gasteiger partial charge in [-0.15, -0.1) is 0 Å². The fourth-order valence-electron chi connectivity index (χ4n) is 0.595. The first-order valence-corrected chi connectivity index (χ1v) is 3.62. The molecule has 2 nitrogen and oxygen atoms in total. The second kappa shape index (κ2) is 5.14. The van der Waals surface area contributed by atoms with Gasteiger partial charge in [-0.25, -0.2) is 4.39 Å². The van der Waals surface area contributed by atoms with Gasteiger partial charge in [0.15, 0.2) is 0 Å². The van der Waals surface area contributed by atoms with Crippen molar-refractivity contribution in [1.29, 1.82) is 5.26 Å². The Morgan fingerprint density at radius 1 is 1.42 bits per heavy atom. The van der Waals surface area contributed by atoms with Crippen LogP contribution in [0.25, 0.3) is 0 Å². The lowest BCUT2D eigenvalue weighted by Crippen LogP contribution is -1.80. The molecule has 64 valence electrons. The predicted octanol–water partition coefficient (Wildman–Crippen LogP) is 2.43. The van der Waals surface area contributed by atoms with Gasteiger partial charge in [-0.1, -0.05) is 13.8 Å². The Labute approximate surface area is 70.9 Å². The molecule has 0 saturated heterocycles. The summed E-state index contributed by atoms with van der Waals surface area (Å²) in [4.78, 5) is 0. The van der Waals surface area contributed by atoms with Crippen molar-refractivity contribution >= 4 is 0 Å². The number of halogens is 1. The molecule has 0 atom stereocenters. The van der Waals surface area contributed by atoms with E-state index in [4.69, 9.17) is 10.4 Å². The topological polar surface area (TPSA) is 44.0 Å². The second-order valence-corrected chi connectivity index (χ2v) is 1.78. The maximum absolute atomic E-state index is 12.5. The zero-order valence-electron chi connectivity index (χ0n) is 7.00. The highest BCUT2D eigenvalue weighted by molar-refractivity contribution is 5.35. The maximum atomic E-state index is 12.5. The molecule has 0 aliphatic carbocycles. The van der Waals surface area contributed by atoms with Crippen LogP contribution in [-0.2, 0) is 0 Å². The molecule has 0 saturated carbocycles. The molecule has 0 bridgehead atoms. The number of hydrogen-bond donors (Lipinski definition) is 1. The first-order valence-electron chi connectivity index (χ1n) is 3.62. The Morgan fingerprint density at radius 2 is 2.00 bits per heavy atom. The lowest BCUT2D eigenvalue weighted by Gasteiger charge is -1.92. The third-order valence-corrected chi connectivity index (χ3v) is 1.07. The Bertz CT molecular complexity index is 291. The summed E-state index contributed by atoms with van der Waals surface area (Å²) in [5, 5.41) is 16.9. The quantitative estimate of drug-likeness (QED) is 0.644. The number of nitriles is 1. The predicted molar refractivity (Wildman–Crippen MR) is 44.1 cm³/mol. The summed E-state index contributed by atoms with van der Waals surface area (Å²) >= 11 is 0. The average Bonchev–Trinajstić information content (AvgIpc) is 2.08. The standard InChI is InChI=1S/C7H4FNO.C2H6/c8-7-3-6(10)2-1-5(7)4-9;1-2/h1-3,10H;1-2H3. The molecule has 0 spiro atoms. The van der Waals surface area contributed by atoms with Crippen LogP contribution in [-0.4, -0.2) is 5.11 Å². The molecule has 0 aliphatic heterocycles. The fourth-order valence-corrected chi connectivity index (χ4v) is 0.595. The minimum atomic E-state index is -0.692. The Hall–Kier alpha value is -1.56. The van der Waals surface area contributed by atoms with Crippen LogP contribution in [0.5, 0.6) is 5.75 Å². The minimum absolute atomic E-state index is 0.0576. The molecule has 1 aromatic carbocycles. The van der Waals surface area contributed by atoms with Crippen molar-refractivity contribution in [1.82, 2.24) is 0 Å². The molecule has 3 heteroatoms. The molecule has 0 aliphatic rings. The summed E-state index contributed by atoms with van der Waals surface area (Å²) in [6.07, 6.45) is 0. The van der Waals surface area contributed by atoms with E-state index in [-0.39, 0.29) is 11.3 Å². The van der Waals surface area contributed by atoms with Crippen molar-refractivity contribution in [2.24, 2.45) is 0 Å². The lowest BCUT2D eigenvalue weighted by molar-refractivity contribution is 0.469. The molecule has 0 heterocycles. The van der Waals surface area contributed by atoms with Gasteiger partial charge in [0.05, 0.1) is 5.56 Å². The molecule has 0 aromatic heterocycles. The smallest absolute Gasteiger partial charge is 0.144 e. The largest absolute Gasteiger partial charge is 0.508 e. The Morgan fingerprint density at radius 3 is 2.42 bits per heavy atom. The van der Waals surface area contributed by atoms with Gasteiger partial charge in [-0.3, -0.25) is 0 Å². The summed E-state index contributed by atoms with van der Waals surface area (Å²) in [5.74, 6) is -0.862. The van der Waals surface area contributed by atoms with E-state index in [9.17, 15) is 4.39 Å². The number of aromatic hydroxyl groups is 1. The van der Waals surface area contributed by atoms with E-state index in [1.165, 1.54) is 12.1 Å². The first-order chi connectivity index (χ1) is 5.74. The number of phenolic OH excluding ortho intramolecular Hbond substituents is 1. The normalized spacial score (nSPS) is 7.83. The van der Waals surface area contributed by atoms with Crippen molar-refractivity contribution in [2.75, 3.05) is 0 Å². The number of benzene rings is 1. The fraction of sp³-hybridized carbons (Fsp3) is 0.222. The van der Waals surface area contributed by atoms with Gasteiger partial charge in [0.1, 0.15) is 17.6 Å². The molecule has 12 heavy (non-hydrogen) atoms. The van der Waals surface area contributed by atoms with Crippen LogP contribution in [0.2, 0.25) is 0 Å². The highest BCUT2D eigenvalue weighted by Gasteiger charge is 1.99. The summed E-state index contributed by atoms with van der Waals surface area (Å²) in [6, 6.07) is 5.03. The molecule has 0 fully saturated rings. The van der Waals surface area contributed by atoms with Crippen molar-refractivity contribution in [3.63, 3.8) is 0 Å². The van der Waals surface area contributed by atoms with Crippen LogP contribution >= 0.6 is 0 Å². The van der Waals surface area contributed by atoms with Gasteiger partial charge in [-0.2, -0.15) is 5.26 Å². The number of rotatable bonds is 0. The van der Waals surface area contributed by atoms with Crippen LogP contribution in [0.15, 0.2) is 18.2 Å². The monoisotopic (exact) mass is 167 g/mol. The van der Waals surface area contributed by atoms with Crippen molar-refractivity contribution in [3.05, 3.63) is 29.6 Å². The SMILES string of the molecule is CC.N#Cc1ccc(O)cc1F. The van der Waals surface area contributed by atoms with E-state index in [0.29, 0.717) is 0 Å². The lowest BCUT2D eigenvalue weighted by atomic mass is 10.2. The van der Waals surface area contributed by atoms with Crippen LogP contribution < -0.4 is 0 Å². The van der Waals surface area contributed by atoms with Crippen LogP contribution in [0.1, 0.15) is 19.4 Å². The van der Waals surface area contributed by atoms with E-state index in [0.717, 1.165) is 6.07 Å². The highest BCUT2D eigenvalue weighted by Crippen LogP contribution is 2.13. The van der Waals surface area contributed by atoms with Gasteiger partial charge >= 0.3 is 0 Å². The average molecular weight is 167 g/mol. The molecule has 1 N–H and O–H groups in total. The van der Waals surface area contributed by atoms with Gasteiger partial charge in [0, 0.05) is 6.07 Å². The molecule has 0 amide bonds. The molecular formula is C9H10FNO. The Balaban J connectivity index is 0.000000561. The van der Waals surface area contributed by atoms with E-state index in [2.05, 4.69) is 0 Å². The molecule has 0 radical (unpaired) electrons. The Kier molecular flexibility index (Phi) is 4.47. The van der Waals surface area contributed by atoms with Gasteiger partial charge in [0.2, 0.25) is 0 Å². The summed E-state index contributed by atoms with van der Waals surface area (Å²) in [5.41, 5.74) is -0.0576. The second-order valence-electron chi connectivity index (χ2n) is 1.78. The summed E-state index contributed by atoms with van der Waals surface area (Å²) in [6.45, 7) is 4.00. The highest BCUT2D eigenvalue weighted by atomic mass is 19.1. The number of hydrogen-bond acceptors (Lipinski definition) is 2. The van der Waals surface area contributed by atoms with E-state index < -0.39 is 5.82 Å². The van der Waals surface area contributed by atoms with Crippen molar-refractivity contribution in [2.45, 2.75) is 13.8 Å². The van der Waals surface area contributed by atoms with Crippen LogP contribution in [0.4, 0.5) is 4.39 Å². The minimum Gasteiger partial charge on any atom is -0.508 e. The third-order valence-electron chi connectivity index (χ3n) is 1.07. The molecular weight excluding hydrogens is 157 g/mol. The van der Waals surface area contributed by atoms with Crippen molar-refractivity contribution < 1.29 is 9.50 Å².